The monoisotopic (exact) mass is 1040 g/mol. The highest BCUT2D eigenvalue weighted by Crippen LogP contribution is 2.58. The van der Waals surface area contributed by atoms with Gasteiger partial charge in [0.15, 0.2) is 0 Å². The molecule has 5 atom stereocenters. The van der Waals surface area contributed by atoms with Crippen molar-refractivity contribution < 1.29 is 4.74 Å². The van der Waals surface area contributed by atoms with E-state index in [0.717, 1.165) is 81.9 Å². The predicted octanol–water partition coefficient (Wildman–Crippen LogP) is 18.9. The van der Waals surface area contributed by atoms with Crippen LogP contribution in [0, 0.1) is 11.8 Å². The molecule has 0 amide bonds. The van der Waals surface area contributed by atoms with Crippen LogP contribution in [0.5, 0.6) is 5.75 Å². The van der Waals surface area contributed by atoms with Crippen molar-refractivity contribution >= 4 is 46.9 Å². The number of aromatic nitrogens is 1. The summed E-state index contributed by atoms with van der Waals surface area (Å²) in [6.07, 6.45) is 44.3. The number of hydrogen-bond acceptors (Lipinski definition) is 2. The van der Waals surface area contributed by atoms with Crippen molar-refractivity contribution in [3.8, 4) is 16.9 Å². The fourth-order valence-electron chi connectivity index (χ4n) is 14.4. The van der Waals surface area contributed by atoms with E-state index in [1.807, 2.05) is 6.08 Å². The quantitative estimate of drug-likeness (QED) is 0.0669. The van der Waals surface area contributed by atoms with E-state index < -0.39 is 0 Å². The summed E-state index contributed by atoms with van der Waals surface area (Å²) in [4.78, 5) is 2.63. The minimum Gasteiger partial charge on any atom is -0.490 e. The molecule has 0 saturated heterocycles. The van der Waals surface area contributed by atoms with Crippen LogP contribution in [0.1, 0.15) is 175 Å². The van der Waals surface area contributed by atoms with Crippen LogP contribution in [0.2, 0.25) is 0 Å². The average molecular weight is 1040 g/mol. The van der Waals surface area contributed by atoms with Crippen molar-refractivity contribution in [2.45, 2.75) is 153 Å². The van der Waals surface area contributed by atoms with Gasteiger partial charge in [0.1, 0.15) is 5.75 Å². The van der Waals surface area contributed by atoms with E-state index in [2.05, 4.69) is 226 Å². The van der Waals surface area contributed by atoms with Crippen LogP contribution in [-0.4, -0.2) is 10.7 Å². The maximum atomic E-state index is 6.59. The number of ether oxygens (including phenoxy) is 1. The van der Waals surface area contributed by atoms with Crippen LogP contribution in [0.15, 0.2) is 177 Å². The molecule has 79 heavy (non-hydrogen) atoms. The minimum atomic E-state index is -0.104. The zero-order valence-electron chi connectivity index (χ0n) is 47.7. The maximum Gasteiger partial charge on any atom is 0.119 e. The third-order valence-electron chi connectivity index (χ3n) is 18.7. The number of allylic oxidation sites excluding steroid dienone is 10. The molecule has 1 aromatic heterocycles. The fourth-order valence-corrected chi connectivity index (χ4v) is 14.4. The Kier molecular flexibility index (Phi) is 15.0. The summed E-state index contributed by atoms with van der Waals surface area (Å²) in [6, 6.07) is 44.5. The van der Waals surface area contributed by atoms with Gasteiger partial charge in [0.25, 0.3) is 0 Å². The Morgan fingerprint density at radius 2 is 1.58 bits per heavy atom. The standard InChI is InChI=1S/C76H82N2O/c1-7-53-27-39-63(40-28-53)78-73-47-35-57(55-31-37-59(38-32-55)75(4,5)6)50-69(73)70-51-58(36-48-74(70)78)56-33-41-62(42-34-56)77(61-22-14-11-15-23-61)64-43-46-68-67-25-16-17-26-71(67)76(72(68)52-64,60-20-12-10-13-21-60)49-19-18-24-65(9-3)79-66-44-29-54(8-2)30-45-66/h7-8,12,16-17,20,22,25-27,29-34,37-47,50-53,57,60,65H,1-2,9-11,13-15,18-19,21,23-24,28,35-36,48-49H2,3-6H3. The number of hydrogen-bond donors (Lipinski definition) is 0. The van der Waals surface area contributed by atoms with Gasteiger partial charge in [-0.05, 0) is 212 Å². The second-order valence-electron chi connectivity index (χ2n) is 24.6. The summed E-state index contributed by atoms with van der Waals surface area (Å²) in [5.41, 5.74) is 20.6. The number of benzene rings is 5. The van der Waals surface area contributed by atoms with E-state index in [-0.39, 0.29) is 16.9 Å². The molecule has 0 bridgehead atoms. The molecule has 0 fully saturated rings. The molecular weight excluding hydrogens is 957 g/mol. The van der Waals surface area contributed by atoms with Gasteiger partial charge in [-0.15, -0.1) is 6.58 Å². The summed E-state index contributed by atoms with van der Waals surface area (Å²) in [5, 5.41) is 2.74. The molecule has 12 rings (SSSR count). The Balaban J connectivity index is 0.882. The van der Waals surface area contributed by atoms with E-state index in [1.165, 1.54) is 121 Å². The number of fused-ring (bicyclic) bond motifs is 6. The SMILES string of the molecule is C=Cc1ccc(OC(CC)CCCCC2(C3C=CCCC3)c3ccccc3-c3ccc(N(C4=CCCCC4)c4ccc(C5=Cc6c(n(C7=CCC(C=C)C=C7)c7c6=CC(c6ccc(C(C)(C)C)cc6)CC=7)CC5)cc4)cc32)cc1. The molecule has 6 aliphatic rings. The van der Waals surface area contributed by atoms with Gasteiger partial charge in [-0.25, -0.2) is 0 Å². The Labute approximate surface area is 472 Å². The van der Waals surface area contributed by atoms with Gasteiger partial charge in [-0.1, -0.05) is 174 Å². The molecule has 5 aromatic carbocycles. The molecule has 6 aromatic rings. The van der Waals surface area contributed by atoms with Crippen molar-refractivity contribution in [1.29, 1.82) is 0 Å². The van der Waals surface area contributed by atoms with Crippen molar-refractivity contribution in [3.63, 3.8) is 0 Å². The highest BCUT2D eigenvalue weighted by atomic mass is 16.5. The lowest BCUT2D eigenvalue weighted by Crippen LogP contribution is -2.35. The lowest BCUT2D eigenvalue weighted by atomic mass is 9.63. The molecule has 6 aliphatic carbocycles. The summed E-state index contributed by atoms with van der Waals surface area (Å²) < 4.78 is 9.19. The highest BCUT2D eigenvalue weighted by molar-refractivity contribution is 5.88. The zero-order valence-corrected chi connectivity index (χ0v) is 47.7. The normalized spacial score (nSPS) is 21.4. The maximum absolute atomic E-state index is 6.59. The minimum absolute atomic E-state index is 0.104. The Morgan fingerprint density at radius 1 is 0.772 bits per heavy atom. The van der Waals surface area contributed by atoms with Gasteiger partial charge in [0.05, 0.1) is 6.10 Å². The van der Waals surface area contributed by atoms with Crippen molar-refractivity contribution in [2.24, 2.45) is 11.8 Å². The van der Waals surface area contributed by atoms with Crippen LogP contribution < -0.4 is 20.2 Å². The molecule has 0 radical (unpaired) electrons. The predicted molar refractivity (Wildman–Crippen MR) is 337 cm³/mol. The molecule has 0 spiro atoms. The second kappa shape index (κ2) is 22.6. The Morgan fingerprint density at radius 3 is 2.30 bits per heavy atom. The largest absolute Gasteiger partial charge is 0.490 e. The first-order valence-corrected chi connectivity index (χ1v) is 30.3. The van der Waals surface area contributed by atoms with E-state index in [0.29, 0.717) is 17.8 Å². The Hall–Kier alpha value is -7.10. The van der Waals surface area contributed by atoms with E-state index in [9.17, 15) is 0 Å². The third-order valence-corrected chi connectivity index (χ3v) is 18.7. The van der Waals surface area contributed by atoms with Gasteiger partial charge >= 0.3 is 0 Å². The van der Waals surface area contributed by atoms with Crippen molar-refractivity contribution in [1.82, 2.24) is 4.57 Å². The number of nitrogens with zero attached hydrogens (tertiary/aromatic N) is 2. The molecule has 0 aliphatic heterocycles. The molecule has 3 heteroatoms. The smallest absolute Gasteiger partial charge is 0.119 e. The molecule has 5 unspecified atom stereocenters. The van der Waals surface area contributed by atoms with E-state index >= 15 is 0 Å². The first kappa shape index (κ1) is 52.6. The van der Waals surface area contributed by atoms with Crippen LogP contribution in [-0.2, 0) is 17.3 Å². The third kappa shape index (κ3) is 10.3. The van der Waals surface area contributed by atoms with Crippen molar-refractivity contribution in [3.05, 3.63) is 232 Å². The number of anilines is 2. The van der Waals surface area contributed by atoms with Gasteiger partial charge in [-0.3, -0.25) is 0 Å². The number of rotatable bonds is 17. The van der Waals surface area contributed by atoms with Crippen LogP contribution in [0.25, 0.3) is 46.7 Å². The molecule has 402 valence electrons. The fraction of sp³-hybridized carbons (Fsp3) is 0.342. The van der Waals surface area contributed by atoms with Crippen LogP contribution in [0.3, 0.4) is 0 Å². The van der Waals surface area contributed by atoms with Gasteiger partial charge in [0.2, 0.25) is 0 Å². The van der Waals surface area contributed by atoms with E-state index in [4.69, 9.17) is 4.74 Å². The summed E-state index contributed by atoms with van der Waals surface area (Å²) >= 11 is 0. The average Bonchev–Trinajstić information content (AvgIpc) is 4.22. The topological polar surface area (TPSA) is 17.4 Å². The summed E-state index contributed by atoms with van der Waals surface area (Å²) in [6.45, 7) is 17.2. The molecule has 0 N–H and O–H groups in total. The second-order valence-corrected chi connectivity index (χ2v) is 24.6. The molecule has 3 nitrogen and oxygen atoms in total. The molecular formula is C76H82N2O. The molecule has 0 saturated carbocycles. The van der Waals surface area contributed by atoms with E-state index in [1.54, 1.807) is 0 Å². The summed E-state index contributed by atoms with van der Waals surface area (Å²) in [5.74, 6) is 2.12. The van der Waals surface area contributed by atoms with Gasteiger partial charge < -0.3 is 14.2 Å². The lowest BCUT2D eigenvalue weighted by molar-refractivity contribution is 0.180. The first-order chi connectivity index (χ1) is 38.6. The van der Waals surface area contributed by atoms with Crippen LogP contribution >= 0.6 is 0 Å². The molecule has 1 heterocycles. The lowest BCUT2D eigenvalue weighted by Gasteiger charge is -2.41. The van der Waals surface area contributed by atoms with Gasteiger partial charge in [-0.2, -0.15) is 0 Å². The zero-order chi connectivity index (χ0) is 54.1. The van der Waals surface area contributed by atoms with Gasteiger partial charge in [0, 0.05) is 55.9 Å². The van der Waals surface area contributed by atoms with Crippen LogP contribution in [0.4, 0.5) is 11.4 Å². The summed E-state index contributed by atoms with van der Waals surface area (Å²) in [7, 11) is 0. The highest BCUT2D eigenvalue weighted by Gasteiger charge is 2.48. The van der Waals surface area contributed by atoms with Crippen molar-refractivity contribution in [2.75, 3.05) is 4.90 Å². The first-order valence-electron chi connectivity index (χ1n) is 30.3. The number of unbranched alkanes of at least 4 members (excludes halogenated alkanes) is 1. The Bertz CT molecular complexity index is 3530.